The second-order valence-electron chi connectivity index (χ2n) is 4.84. The van der Waals surface area contributed by atoms with Crippen molar-refractivity contribution in [3.8, 4) is 0 Å². The molecule has 1 aliphatic carbocycles. The van der Waals surface area contributed by atoms with Crippen LogP contribution in [0.25, 0.3) is 0 Å². The third kappa shape index (κ3) is 2.48. The number of amides is 1. The van der Waals surface area contributed by atoms with Crippen molar-refractivity contribution >= 4 is 37.8 Å². The SMILES string of the molecule is CC1(C)CC1NC(=O)c1ccc(Br)cc1Br. The summed E-state index contributed by atoms with van der Waals surface area (Å²) in [6.07, 6.45) is 1.06. The van der Waals surface area contributed by atoms with Gasteiger partial charge in [0.15, 0.2) is 0 Å². The fraction of sp³-hybridized carbons (Fsp3) is 0.417. The molecule has 86 valence electrons. The number of nitrogens with one attached hydrogen (secondary N) is 1. The molecule has 2 rings (SSSR count). The molecule has 1 fully saturated rings. The second kappa shape index (κ2) is 4.15. The normalized spacial score (nSPS) is 21.6. The zero-order chi connectivity index (χ0) is 11.9. The molecule has 0 heterocycles. The van der Waals surface area contributed by atoms with Crippen LogP contribution in [0, 0.1) is 5.41 Å². The maximum atomic E-state index is 12.0. The summed E-state index contributed by atoms with van der Waals surface area (Å²) in [5, 5.41) is 3.04. The molecule has 1 amide bonds. The van der Waals surface area contributed by atoms with E-state index in [1.54, 1.807) is 0 Å². The van der Waals surface area contributed by atoms with Crippen molar-refractivity contribution in [2.45, 2.75) is 26.3 Å². The highest BCUT2D eigenvalue weighted by Crippen LogP contribution is 2.44. The van der Waals surface area contributed by atoms with Crippen molar-refractivity contribution in [2.24, 2.45) is 5.41 Å². The topological polar surface area (TPSA) is 29.1 Å². The molecule has 1 atom stereocenters. The van der Waals surface area contributed by atoms with Gasteiger partial charge in [-0.2, -0.15) is 0 Å². The number of hydrogen-bond donors (Lipinski definition) is 1. The van der Waals surface area contributed by atoms with Gasteiger partial charge in [-0.05, 0) is 46.0 Å². The van der Waals surface area contributed by atoms with E-state index >= 15 is 0 Å². The maximum Gasteiger partial charge on any atom is 0.252 e. The Hall–Kier alpha value is -0.350. The molecule has 0 radical (unpaired) electrons. The van der Waals surface area contributed by atoms with Gasteiger partial charge in [0.2, 0.25) is 0 Å². The highest BCUT2D eigenvalue weighted by Gasteiger charge is 2.46. The van der Waals surface area contributed by atoms with E-state index in [2.05, 4.69) is 51.0 Å². The van der Waals surface area contributed by atoms with E-state index in [4.69, 9.17) is 0 Å². The van der Waals surface area contributed by atoms with E-state index in [-0.39, 0.29) is 11.3 Å². The average molecular weight is 347 g/mol. The molecule has 16 heavy (non-hydrogen) atoms. The van der Waals surface area contributed by atoms with E-state index in [1.165, 1.54) is 0 Å². The Morgan fingerprint density at radius 1 is 1.44 bits per heavy atom. The maximum absolute atomic E-state index is 12.0. The first kappa shape index (κ1) is 12.1. The molecule has 0 aliphatic heterocycles. The van der Waals surface area contributed by atoms with Crippen molar-refractivity contribution in [2.75, 3.05) is 0 Å². The molecule has 1 aliphatic rings. The molecule has 1 aromatic rings. The van der Waals surface area contributed by atoms with Crippen molar-refractivity contribution in [1.29, 1.82) is 0 Å². The quantitative estimate of drug-likeness (QED) is 0.868. The summed E-state index contributed by atoms with van der Waals surface area (Å²) in [7, 11) is 0. The van der Waals surface area contributed by atoms with Crippen LogP contribution in [0.5, 0.6) is 0 Å². The standard InChI is InChI=1S/C12H13Br2NO/c1-12(2)6-10(12)15-11(16)8-4-3-7(13)5-9(8)14/h3-5,10H,6H2,1-2H3,(H,15,16). The predicted molar refractivity (Wildman–Crippen MR) is 71.5 cm³/mol. The smallest absolute Gasteiger partial charge is 0.252 e. The highest BCUT2D eigenvalue weighted by atomic mass is 79.9. The molecule has 1 aromatic carbocycles. The molecular weight excluding hydrogens is 334 g/mol. The lowest BCUT2D eigenvalue weighted by atomic mass is 10.1. The summed E-state index contributed by atoms with van der Waals surface area (Å²) in [6, 6.07) is 5.89. The summed E-state index contributed by atoms with van der Waals surface area (Å²) < 4.78 is 1.78. The number of carbonyl (C=O) groups is 1. The van der Waals surface area contributed by atoms with Gasteiger partial charge in [0, 0.05) is 15.0 Å². The molecule has 0 bridgehead atoms. The van der Waals surface area contributed by atoms with Crippen molar-refractivity contribution in [3.63, 3.8) is 0 Å². The van der Waals surface area contributed by atoms with Gasteiger partial charge < -0.3 is 5.32 Å². The Bertz CT molecular complexity index is 443. The Labute approximate surface area is 112 Å². The summed E-state index contributed by atoms with van der Waals surface area (Å²) in [5.41, 5.74) is 0.947. The molecule has 4 heteroatoms. The Balaban J connectivity index is 2.10. The Morgan fingerprint density at radius 2 is 2.06 bits per heavy atom. The number of carbonyl (C=O) groups excluding carboxylic acids is 1. The second-order valence-corrected chi connectivity index (χ2v) is 6.61. The van der Waals surface area contributed by atoms with Gasteiger partial charge in [0.25, 0.3) is 5.91 Å². The number of benzene rings is 1. The Kier molecular flexibility index (Phi) is 3.14. The number of hydrogen-bond acceptors (Lipinski definition) is 1. The van der Waals surface area contributed by atoms with E-state index < -0.39 is 0 Å². The molecular formula is C12H13Br2NO. The largest absolute Gasteiger partial charge is 0.349 e. The van der Waals surface area contributed by atoms with Gasteiger partial charge in [-0.3, -0.25) is 4.79 Å². The van der Waals surface area contributed by atoms with Crippen LogP contribution >= 0.6 is 31.9 Å². The summed E-state index contributed by atoms with van der Waals surface area (Å²) >= 11 is 6.76. The minimum atomic E-state index is -0.00468. The van der Waals surface area contributed by atoms with Gasteiger partial charge in [-0.15, -0.1) is 0 Å². The van der Waals surface area contributed by atoms with Crippen LogP contribution < -0.4 is 5.32 Å². The first-order valence-corrected chi connectivity index (χ1v) is 6.75. The van der Waals surface area contributed by atoms with Crippen LogP contribution in [-0.2, 0) is 0 Å². The lowest BCUT2D eigenvalue weighted by molar-refractivity contribution is 0.0945. The van der Waals surface area contributed by atoms with E-state index in [0.717, 1.165) is 15.4 Å². The molecule has 1 N–H and O–H groups in total. The van der Waals surface area contributed by atoms with Crippen LogP contribution in [0.15, 0.2) is 27.1 Å². The van der Waals surface area contributed by atoms with Crippen LogP contribution in [0.1, 0.15) is 30.6 Å². The molecule has 0 spiro atoms. The fourth-order valence-corrected chi connectivity index (χ4v) is 2.85. The summed E-state index contributed by atoms with van der Waals surface area (Å²) in [5.74, 6) is -0.00468. The van der Waals surface area contributed by atoms with Crippen LogP contribution in [0.4, 0.5) is 0 Å². The van der Waals surface area contributed by atoms with Gasteiger partial charge >= 0.3 is 0 Å². The third-order valence-electron chi connectivity index (χ3n) is 2.99. The lowest BCUT2D eigenvalue weighted by Crippen LogP contribution is -2.28. The number of rotatable bonds is 2. The van der Waals surface area contributed by atoms with Crippen molar-refractivity contribution in [3.05, 3.63) is 32.7 Å². The zero-order valence-corrected chi connectivity index (χ0v) is 12.4. The van der Waals surface area contributed by atoms with Gasteiger partial charge in [-0.1, -0.05) is 29.8 Å². The van der Waals surface area contributed by atoms with E-state index in [0.29, 0.717) is 11.6 Å². The van der Waals surface area contributed by atoms with Crippen molar-refractivity contribution < 1.29 is 4.79 Å². The summed E-state index contributed by atoms with van der Waals surface area (Å²) in [4.78, 5) is 12.0. The van der Waals surface area contributed by atoms with Crippen LogP contribution in [-0.4, -0.2) is 11.9 Å². The summed E-state index contributed by atoms with van der Waals surface area (Å²) in [6.45, 7) is 4.32. The third-order valence-corrected chi connectivity index (χ3v) is 4.14. The van der Waals surface area contributed by atoms with Gasteiger partial charge in [0.05, 0.1) is 5.56 Å². The van der Waals surface area contributed by atoms with E-state index in [1.807, 2.05) is 18.2 Å². The minimum absolute atomic E-state index is 0.00468. The Morgan fingerprint density at radius 3 is 2.56 bits per heavy atom. The van der Waals surface area contributed by atoms with Crippen molar-refractivity contribution in [1.82, 2.24) is 5.32 Å². The number of halogens is 2. The zero-order valence-electron chi connectivity index (χ0n) is 9.18. The monoisotopic (exact) mass is 345 g/mol. The molecule has 0 saturated heterocycles. The minimum Gasteiger partial charge on any atom is -0.349 e. The first-order chi connectivity index (χ1) is 7.40. The van der Waals surface area contributed by atoms with Gasteiger partial charge in [0.1, 0.15) is 0 Å². The highest BCUT2D eigenvalue weighted by molar-refractivity contribution is 9.11. The average Bonchev–Trinajstić information content (AvgIpc) is 2.72. The fourth-order valence-electron chi connectivity index (χ4n) is 1.62. The molecule has 1 unspecified atom stereocenters. The van der Waals surface area contributed by atoms with Crippen LogP contribution in [0.3, 0.4) is 0 Å². The predicted octanol–water partition coefficient (Wildman–Crippen LogP) is 3.74. The van der Waals surface area contributed by atoms with Gasteiger partial charge in [-0.25, -0.2) is 0 Å². The lowest BCUT2D eigenvalue weighted by Gasteiger charge is -2.08. The molecule has 2 nitrogen and oxygen atoms in total. The first-order valence-electron chi connectivity index (χ1n) is 5.16. The molecule has 1 saturated carbocycles. The van der Waals surface area contributed by atoms with E-state index in [9.17, 15) is 4.79 Å². The van der Waals surface area contributed by atoms with Crippen LogP contribution in [0.2, 0.25) is 0 Å². The molecule has 0 aromatic heterocycles.